The number of hydrogen-bond donors (Lipinski definition) is 1. The Labute approximate surface area is 117 Å². The molecule has 1 N–H and O–H groups in total. The lowest BCUT2D eigenvalue weighted by molar-refractivity contribution is 0.102. The summed E-state index contributed by atoms with van der Waals surface area (Å²) in [6, 6.07) is 10.8. The molecule has 2 rings (SSSR count). The zero-order valence-corrected chi connectivity index (χ0v) is 11.4. The summed E-state index contributed by atoms with van der Waals surface area (Å²) in [5.41, 5.74) is 0.858. The van der Waals surface area contributed by atoms with E-state index in [4.69, 9.17) is 11.6 Å². The fourth-order valence-electron chi connectivity index (χ4n) is 1.43. The van der Waals surface area contributed by atoms with Gasteiger partial charge in [0.2, 0.25) is 0 Å². The molecule has 2 nitrogen and oxygen atoms in total. The van der Waals surface area contributed by atoms with Crippen molar-refractivity contribution in [3.05, 3.63) is 63.3 Å². The van der Waals surface area contributed by atoms with Gasteiger partial charge in [-0.1, -0.05) is 23.7 Å². The molecule has 1 amide bonds. The van der Waals surface area contributed by atoms with Crippen molar-refractivity contribution >= 4 is 39.1 Å². The molecule has 0 aliphatic heterocycles. The Morgan fingerprint density at radius 3 is 2.61 bits per heavy atom. The van der Waals surface area contributed by atoms with Gasteiger partial charge in [-0.15, -0.1) is 0 Å². The number of carbonyl (C=O) groups is 1. The maximum atomic E-state index is 12.9. The van der Waals surface area contributed by atoms with Gasteiger partial charge in [0.25, 0.3) is 5.91 Å². The first-order valence-corrected chi connectivity index (χ1v) is 6.26. The van der Waals surface area contributed by atoms with E-state index < -0.39 is 5.82 Å². The van der Waals surface area contributed by atoms with Gasteiger partial charge in [0.15, 0.2) is 0 Å². The van der Waals surface area contributed by atoms with Gasteiger partial charge in [-0.3, -0.25) is 4.79 Å². The molecule has 2 aromatic rings. The van der Waals surface area contributed by atoms with Gasteiger partial charge in [0.05, 0.1) is 16.3 Å². The van der Waals surface area contributed by atoms with E-state index in [1.165, 1.54) is 18.2 Å². The van der Waals surface area contributed by atoms with Crippen LogP contribution in [0.15, 0.2) is 46.9 Å². The predicted octanol–water partition coefficient (Wildman–Crippen LogP) is 4.49. The molecule has 0 saturated heterocycles. The lowest BCUT2D eigenvalue weighted by Gasteiger charge is -2.08. The van der Waals surface area contributed by atoms with Gasteiger partial charge >= 0.3 is 0 Å². The highest BCUT2D eigenvalue weighted by atomic mass is 79.9. The number of halogens is 3. The molecule has 0 heterocycles. The van der Waals surface area contributed by atoms with Crippen LogP contribution in [0.3, 0.4) is 0 Å². The van der Waals surface area contributed by atoms with Crippen molar-refractivity contribution in [1.29, 1.82) is 0 Å². The molecule has 0 radical (unpaired) electrons. The Balaban J connectivity index is 2.25. The molecule has 0 aliphatic rings. The molecule has 2 aromatic carbocycles. The third-order valence-electron chi connectivity index (χ3n) is 2.30. The molecule has 18 heavy (non-hydrogen) atoms. The number of benzene rings is 2. The number of rotatable bonds is 2. The molecule has 0 bridgehead atoms. The van der Waals surface area contributed by atoms with E-state index >= 15 is 0 Å². The number of amides is 1. The minimum Gasteiger partial charge on any atom is -0.321 e. The average molecular weight is 329 g/mol. The first kappa shape index (κ1) is 13.1. The highest BCUT2D eigenvalue weighted by Crippen LogP contribution is 2.23. The zero-order chi connectivity index (χ0) is 13.1. The maximum Gasteiger partial charge on any atom is 0.256 e. The Morgan fingerprint density at radius 1 is 1.22 bits per heavy atom. The van der Waals surface area contributed by atoms with Gasteiger partial charge in [0, 0.05) is 4.47 Å². The van der Waals surface area contributed by atoms with Gasteiger partial charge in [0.1, 0.15) is 5.82 Å². The second kappa shape index (κ2) is 5.50. The summed E-state index contributed by atoms with van der Waals surface area (Å²) in [5, 5.41) is 3.11. The molecule has 0 unspecified atom stereocenters. The van der Waals surface area contributed by atoms with Crippen molar-refractivity contribution in [1.82, 2.24) is 0 Å². The number of anilines is 1. The van der Waals surface area contributed by atoms with E-state index in [0.29, 0.717) is 20.7 Å². The van der Waals surface area contributed by atoms with Crippen LogP contribution in [-0.4, -0.2) is 5.91 Å². The van der Waals surface area contributed by atoms with Gasteiger partial charge in [-0.2, -0.15) is 0 Å². The van der Waals surface area contributed by atoms with Crippen molar-refractivity contribution in [3.63, 3.8) is 0 Å². The standard InChI is InChI=1S/C13H8BrClFNO/c14-10-7-8(16)5-6-9(10)13(18)17-12-4-2-1-3-11(12)15/h1-7H,(H,17,18). The Morgan fingerprint density at radius 2 is 1.94 bits per heavy atom. The highest BCUT2D eigenvalue weighted by molar-refractivity contribution is 9.10. The van der Waals surface area contributed by atoms with E-state index in [0.717, 1.165) is 0 Å². The topological polar surface area (TPSA) is 29.1 Å². The maximum absolute atomic E-state index is 12.9. The fourth-order valence-corrected chi connectivity index (χ4v) is 2.14. The van der Waals surface area contributed by atoms with E-state index in [9.17, 15) is 9.18 Å². The van der Waals surface area contributed by atoms with Crippen LogP contribution in [0, 0.1) is 5.82 Å². The Bertz CT molecular complexity index is 603. The van der Waals surface area contributed by atoms with Gasteiger partial charge in [-0.05, 0) is 46.3 Å². The lowest BCUT2D eigenvalue weighted by Crippen LogP contribution is -2.12. The summed E-state index contributed by atoms with van der Waals surface area (Å²) in [4.78, 5) is 12.0. The van der Waals surface area contributed by atoms with Gasteiger partial charge < -0.3 is 5.32 Å². The fraction of sp³-hybridized carbons (Fsp3) is 0. The SMILES string of the molecule is O=C(Nc1ccccc1Cl)c1ccc(F)cc1Br. The normalized spacial score (nSPS) is 10.2. The first-order valence-electron chi connectivity index (χ1n) is 5.09. The van der Waals surface area contributed by atoms with Crippen molar-refractivity contribution < 1.29 is 9.18 Å². The summed E-state index contributed by atoms with van der Waals surface area (Å²) in [6.45, 7) is 0. The molecule has 0 aliphatic carbocycles. The molecule has 0 fully saturated rings. The van der Waals surface area contributed by atoms with Crippen LogP contribution in [0.25, 0.3) is 0 Å². The summed E-state index contributed by atoms with van der Waals surface area (Å²) in [5.74, 6) is -0.758. The third kappa shape index (κ3) is 2.89. The number of hydrogen-bond acceptors (Lipinski definition) is 1. The number of nitrogens with one attached hydrogen (secondary N) is 1. The Kier molecular flexibility index (Phi) is 3.99. The highest BCUT2D eigenvalue weighted by Gasteiger charge is 2.12. The minimum atomic E-state index is -0.406. The monoisotopic (exact) mass is 327 g/mol. The van der Waals surface area contributed by atoms with Crippen molar-refractivity contribution in [2.75, 3.05) is 5.32 Å². The van der Waals surface area contributed by atoms with Crippen molar-refractivity contribution in [3.8, 4) is 0 Å². The van der Waals surface area contributed by atoms with E-state index in [2.05, 4.69) is 21.2 Å². The smallest absolute Gasteiger partial charge is 0.256 e. The largest absolute Gasteiger partial charge is 0.321 e. The quantitative estimate of drug-likeness (QED) is 0.864. The van der Waals surface area contributed by atoms with Crippen LogP contribution in [0.5, 0.6) is 0 Å². The number of carbonyl (C=O) groups excluding carboxylic acids is 1. The molecular weight excluding hydrogens is 321 g/mol. The van der Waals surface area contributed by atoms with E-state index in [-0.39, 0.29) is 5.91 Å². The van der Waals surface area contributed by atoms with Crippen LogP contribution in [0.4, 0.5) is 10.1 Å². The molecule has 0 aromatic heterocycles. The molecule has 0 atom stereocenters. The van der Waals surface area contributed by atoms with Crippen molar-refractivity contribution in [2.24, 2.45) is 0 Å². The van der Waals surface area contributed by atoms with Crippen LogP contribution in [0.2, 0.25) is 5.02 Å². The average Bonchev–Trinajstić information content (AvgIpc) is 2.32. The molecule has 92 valence electrons. The predicted molar refractivity (Wildman–Crippen MR) is 73.5 cm³/mol. The summed E-state index contributed by atoms with van der Waals surface area (Å²) in [6.07, 6.45) is 0. The second-order valence-electron chi connectivity index (χ2n) is 3.56. The molecular formula is C13H8BrClFNO. The summed E-state index contributed by atoms with van der Waals surface area (Å²) >= 11 is 9.08. The van der Waals surface area contributed by atoms with Gasteiger partial charge in [-0.25, -0.2) is 4.39 Å². The molecule has 0 saturated carbocycles. The van der Waals surface area contributed by atoms with E-state index in [1.54, 1.807) is 24.3 Å². The third-order valence-corrected chi connectivity index (χ3v) is 3.28. The van der Waals surface area contributed by atoms with E-state index in [1.807, 2.05) is 0 Å². The first-order chi connectivity index (χ1) is 8.58. The summed E-state index contributed by atoms with van der Waals surface area (Å²) in [7, 11) is 0. The number of para-hydroxylation sites is 1. The van der Waals surface area contributed by atoms with Crippen molar-refractivity contribution in [2.45, 2.75) is 0 Å². The van der Waals surface area contributed by atoms with Crippen LogP contribution in [0.1, 0.15) is 10.4 Å². The molecule has 5 heteroatoms. The minimum absolute atomic E-state index is 0.344. The lowest BCUT2D eigenvalue weighted by atomic mass is 10.2. The second-order valence-corrected chi connectivity index (χ2v) is 4.82. The van der Waals surface area contributed by atoms with Crippen LogP contribution < -0.4 is 5.32 Å². The van der Waals surface area contributed by atoms with Crippen LogP contribution >= 0.6 is 27.5 Å². The Hall–Kier alpha value is -1.39. The summed E-state index contributed by atoms with van der Waals surface area (Å²) < 4.78 is 13.3. The molecule has 0 spiro atoms. The zero-order valence-electron chi connectivity index (χ0n) is 9.08. The van der Waals surface area contributed by atoms with Crippen LogP contribution in [-0.2, 0) is 0 Å².